The number of rotatable bonds is 16. The zero-order valence-corrected chi connectivity index (χ0v) is 28.5. The molecule has 0 unspecified atom stereocenters. The predicted molar refractivity (Wildman–Crippen MR) is 184 cm³/mol. The van der Waals surface area contributed by atoms with Crippen molar-refractivity contribution in [1.82, 2.24) is 14.8 Å². The van der Waals surface area contributed by atoms with Gasteiger partial charge in [0.1, 0.15) is 5.75 Å². The number of ether oxygens (including phenoxy) is 2. The highest BCUT2D eigenvalue weighted by Gasteiger charge is 2.17. The molecule has 1 heterocycles. The number of unbranched alkanes of at least 4 members (excludes halogenated alkanes) is 4. The first-order valence-corrected chi connectivity index (χ1v) is 16.9. The fourth-order valence-corrected chi connectivity index (χ4v) is 5.78. The molecule has 0 saturated heterocycles. The monoisotopic (exact) mass is 628 g/mol. The van der Waals surface area contributed by atoms with E-state index < -0.39 is 0 Å². The van der Waals surface area contributed by atoms with Gasteiger partial charge in [0.05, 0.1) is 19.6 Å². The molecular weight excluding hydrogens is 580 g/mol. The van der Waals surface area contributed by atoms with Crippen molar-refractivity contribution in [1.29, 1.82) is 0 Å². The van der Waals surface area contributed by atoms with Gasteiger partial charge in [-0.2, -0.15) is 0 Å². The molecule has 4 aromatic rings. The molecule has 0 aliphatic heterocycles. The Morgan fingerprint density at radius 1 is 0.911 bits per heavy atom. The number of hydrogen-bond donors (Lipinski definition) is 1. The maximum atomic E-state index is 11.8. The number of hydrogen-bond acceptors (Lipinski definition) is 7. The first-order valence-electron chi connectivity index (χ1n) is 16.1. The summed E-state index contributed by atoms with van der Waals surface area (Å²) in [6, 6.07) is 22.9. The van der Waals surface area contributed by atoms with E-state index in [0.29, 0.717) is 19.8 Å². The first kappa shape index (κ1) is 34.1. The second-order valence-electron chi connectivity index (χ2n) is 12.4. The Bertz CT molecular complexity index is 1510. The second kappa shape index (κ2) is 16.5. The summed E-state index contributed by atoms with van der Waals surface area (Å²) in [6.45, 7) is 12.4. The van der Waals surface area contributed by atoms with Crippen LogP contribution in [-0.2, 0) is 35.0 Å². The minimum Gasteiger partial charge on any atom is -0.493 e. The maximum absolute atomic E-state index is 11.8. The SMILES string of the molecule is CCCCCCCOc1cc(Sc2nnc(-c3ccc(C(C)(C)C)cc3)n2C)ccc1CNc1ccc(CC(=O)OCC)cc1. The van der Waals surface area contributed by atoms with Crippen molar-refractivity contribution in [2.24, 2.45) is 7.05 Å². The molecule has 0 radical (unpaired) electrons. The van der Waals surface area contributed by atoms with Gasteiger partial charge in [-0.3, -0.25) is 4.79 Å². The summed E-state index contributed by atoms with van der Waals surface area (Å²) >= 11 is 1.59. The molecule has 1 aromatic heterocycles. The summed E-state index contributed by atoms with van der Waals surface area (Å²) in [4.78, 5) is 12.9. The van der Waals surface area contributed by atoms with Crippen LogP contribution in [0, 0.1) is 0 Å². The molecule has 0 aliphatic carbocycles. The Morgan fingerprint density at radius 3 is 2.33 bits per heavy atom. The summed E-state index contributed by atoms with van der Waals surface area (Å²) in [6.07, 6.45) is 6.22. The van der Waals surface area contributed by atoms with Gasteiger partial charge < -0.3 is 19.4 Å². The van der Waals surface area contributed by atoms with E-state index in [2.05, 4.69) is 85.7 Å². The number of anilines is 1. The van der Waals surface area contributed by atoms with Crippen LogP contribution in [0.25, 0.3) is 11.4 Å². The lowest BCUT2D eigenvalue weighted by Gasteiger charge is -2.19. The van der Waals surface area contributed by atoms with Gasteiger partial charge in [-0.15, -0.1) is 10.2 Å². The minimum atomic E-state index is -0.208. The summed E-state index contributed by atoms with van der Waals surface area (Å²) < 4.78 is 13.5. The fourth-order valence-electron chi connectivity index (χ4n) is 4.96. The molecule has 0 amide bonds. The summed E-state index contributed by atoms with van der Waals surface area (Å²) in [5.41, 5.74) is 5.44. The van der Waals surface area contributed by atoms with Crippen molar-refractivity contribution >= 4 is 23.4 Å². The van der Waals surface area contributed by atoms with Crippen LogP contribution in [0.2, 0.25) is 0 Å². The van der Waals surface area contributed by atoms with Gasteiger partial charge in [-0.05, 0) is 65.9 Å². The standard InChI is InChI=1S/C37H48N4O3S/c1-7-9-10-11-12-23-44-33-25-32(22-17-29(33)26-38-31-20-13-27(14-21-31)24-34(42)43-8-2)45-36-40-39-35(41(36)6)28-15-18-30(19-16-28)37(3,4)5/h13-22,25,38H,7-12,23-24,26H2,1-6H3. The lowest BCUT2D eigenvalue weighted by atomic mass is 9.87. The van der Waals surface area contributed by atoms with Crippen LogP contribution < -0.4 is 10.1 Å². The number of esters is 1. The molecule has 45 heavy (non-hydrogen) atoms. The van der Waals surface area contributed by atoms with E-state index in [1.807, 2.05) is 42.8 Å². The lowest BCUT2D eigenvalue weighted by molar-refractivity contribution is -0.142. The van der Waals surface area contributed by atoms with Crippen LogP contribution in [-0.4, -0.2) is 33.9 Å². The zero-order chi connectivity index (χ0) is 32.2. The van der Waals surface area contributed by atoms with Gasteiger partial charge in [0.2, 0.25) is 0 Å². The van der Waals surface area contributed by atoms with Gasteiger partial charge in [0.15, 0.2) is 11.0 Å². The minimum absolute atomic E-state index is 0.104. The summed E-state index contributed by atoms with van der Waals surface area (Å²) in [5, 5.41) is 13.4. The Kier molecular flexibility index (Phi) is 12.5. The average molecular weight is 629 g/mol. The smallest absolute Gasteiger partial charge is 0.310 e. The van der Waals surface area contributed by atoms with E-state index in [-0.39, 0.29) is 17.8 Å². The van der Waals surface area contributed by atoms with Crippen molar-refractivity contribution < 1.29 is 14.3 Å². The Labute approximate surface area is 273 Å². The van der Waals surface area contributed by atoms with Crippen LogP contribution in [0.4, 0.5) is 5.69 Å². The van der Waals surface area contributed by atoms with Crippen molar-refractivity contribution in [3.8, 4) is 17.1 Å². The molecule has 3 aromatic carbocycles. The number of benzene rings is 3. The van der Waals surface area contributed by atoms with E-state index in [0.717, 1.165) is 50.4 Å². The highest BCUT2D eigenvalue weighted by Crippen LogP contribution is 2.33. The summed E-state index contributed by atoms with van der Waals surface area (Å²) in [7, 11) is 2.01. The second-order valence-corrected chi connectivity index (χ2v) is 13.4. The van der Waals surface area contributed by atoms with Gasteiger partial charge in [0, 0.05) is 35.3 Å². The Balaban J connectivity index is 1.46. The number of carbonyl (C=O) groups excluding carboxylic acids is 1. The fraction of sp³-hybridized carbons (Fsp3) is 0.432. The van der Waals surface area contributed by atoms with E-state index in [1.54, 1.807) is 11.8 Å². The third kappa shape index (κ3) is 10.1. The van der Waals surface area contributed by atoms with Crippen LogP contribution >= 0.6 is 11.8 Å². The van der Waals surface area contributed by atoms with Crippen molar-refractivity contribution in [2.75, 3.05) is 18.5 Å². The molecule has 0 bridgehead atoms. The molecule has 1 N–H and O–H groups in total. The average Bonchev–Trinajstić information content (AvgIpc) is 3.38. The summed E-state index contributed by atoms with van der Waals surface area (Å²) in [5.74, 6) is 1.51. The van der Waals surface area contributed by atoms with Crippen molar-refractivity contribution in [3.63, 3.8) is 0 Å². The maximum Gasteiger partial charge on any atom is 0.310 e. The molecule has 240 valence electrons. The molecule has 0 spiro atoms. The Hall–Kier alpha value is -3.78. The predicted octanol–water partition coefficient (Wildman–Crippen LogP) is 9.00. The van der Waals surface area contributed by atoms with E-state index in [4.69, 9.17) is 9.47 Å². The number of nitrogens with one attached hydrogen (secondary N) is 1. The number of carbonyl (C=O) groups is 1. The molecular formula is C37H48N4O3S. The molecule has 8 heteroatoms. The molecule has 7 nitrogen and oxygen atoms in total. The van der Waals surface area contributed by atoms with Gasteiger partial charge in [-0.25, -0.2) is 0 Å². The normalized spacial score (nSPS) is 11.4. The molecule has 0 aliphatic rings. The van der Waals surface area contributed by atoms with Gasteiger partial charge >= 0.3 is 5.97 Å². The largest absolute Gasteiger partial charge is 0.493 e. The van der Waals surface area contributed by atoms with Crippen LogP contribution in [0.15, 0.2) is 76.8 Å². The van der Waals surface area contributed by atoms with Crippen LogP contribution in [0.5, 0.6) is 5.75 Å². The quantitative estimate of drug-likeness (QED) is 0.0980. The third-order valence-electron chi connectivity index (χ3n) is 7.69. The van der Waals surface area contributed by atoms with Crippen LogP contribution in [0.3, 0.4) is 0 Å². The van der Waals surface area contributed by atoms with E-state index >= 15 is 0 Å². The Morgan fingerprint density at radius 2 is 1.64 bits per heavy atom. The van der Waals surface area contributed by atoms with E-state index in [9.17, 15) is 4.79 Å². The number of nitrogens with zero attached hydrogens (tertiary/aromatic N) is 3. The van der Waals surface area contributed by atoms with Crippen LogP contribution in [0.1, 0.15) is 83.4 Å². The highest BCUT2D eigenvalue weighted by atomic mass is 32.2. The first-order chi connectivity index (χ1) is 21.7. The van der Waals surface area contributed by atoms with Gasteiger partial charge in [-0.1, -0.05) is 95.8 Å². The van der Waals surface area contributed by atoms with Crippen molar-refractivity contribution in [3.05, 3.63) is 83.4 Å². The molecule has 0 saturated carbocycles. The highest BCUT2D eigenvalue weighted by molar-refractivity contribution is 7.99. The molecule has 0 atom stereocenters. The molecule has 4 rings (SSSR count). The van der Waals surface area contributed by atoms with Crippen molar-refractivity contribution in [2.45, 2.75) is 95.2 Å². The molecule has 0 fully saturated rings. The lowest BCUT2D eigenvalue weighted by Crippen LogP contribution is -2.10. The van der Waals surface area contributed by atoms with E-state index in [1.165, 1.54) is 31.2 Å². The van der Waals surface area contributed by atoms with Gasteiger partial charge in [0.25, 0.3) is 0 Å². The third-order valence-corrected chi connectivity index (χ3v) is 8.72. The number of aromatic nitrogens is 3. The topological polar surface area (TPSA) is 78.3 Å². The zero-order valence-electron chi connectivity index (χ0n) is 27.7.